The molecule has 1 aromatic heterocycles. The molecule has 0 saturated carbocycles. The largest absolute Gasteiger partial charge is 0.457 e. The minimum atomic E-state index is -0.475. The lowest BCUT2D eigenvalue weighted by molar-refractivity contribution is 0.436. The SMILES string of the molecule is c1ccc(-c2cc(-c3ccc4c(ccc5ccccc54)c3)nc(-c3ccc(-c4ccc5c(c4)Oc4ccccc4C54c5ccccc5-c5ccccc54)cc3)n2)cc1. The number of aromatic nitrogens is 2. The quantitative estimate of drug-likeness (QED) is 0.169. The van der Waals surface area contributed by atoms with Crippen molar-refractivity contribution in [3.8, 4) is 67.7 Å². The molecule has 0 atom stereocenters. The third kappa shape index (κ3) is 4.87. The number of rotatable bonds is 4. The maximum absolute atomic E-state index is 6.79. The summed E-state index contributed by atoms with van der Waals surface area (Å²) in [5.41, 5.74) is 14.0. The monoisotopic (exact) mass is 738 g/mol. The van der Waals surface area contributed by atoms with Gasteiger partial charge in [0.2, 0.25) is 0 Å². The normalized spacial score (nSPS) is 13.1. The van der Waals surface area contributed by atoms with Crippen LogP contribution in [0.2, 0.25) is 0 Å². The van der Waals surface area contributed by atoms with Gasteiger partial charge in [-0.25, -0.2) is 9.97 Å². The molecule has 2 heterocycles. The summed E-state index contributed by atoms with van der Waals surface area (Å²) in [7, 11) is 0. The molecule has 0 unspecified atom stereocenters. The van der Waals surface area contributed by atoms with Crippen molar-refractivity contribution in [3.63, 3.8) is 0 Å². The van der Waals surface area contributed by atoms with E-state index in [1.54, 1.807) is 0 Å². The zero-order valence-electron chi connectivity index (χ0n) is 31.4. The highest BCUT2D eigenvalue weighted by Gasteiger charge is 2.50. The van der Waals surface area contributed by atoms with Gasteiger partial charge in [-0.1, -0.05) is 182 Å². The minimum Gasteiger partial charge on any atom is -0.457 e. The van der Waals surface area contributed by atoms with Gasteiger partial charge < -0.3 is 4.74 Å². The second kappa shape index (κ2) is 12.7. The molecule has 10 aromatic rings. The zero-order chi connectivity index (χ0) is 38.2. The Morgan fingerprint density at radius 2 is 0.897 bits per heavy atom. The topological polar surface area (TPSA) is 35.0 Å². The van der Waals surface area contributed by atoms with Gasteiger partial charge in [-0.3, -0.25) is 0 Å². The van der Waals surface area contributed by atoms with Crippen LogP contribution in [-0.2, 0) is 5.41 Å². The molecule has 58 heavy (non-hydrogen) atoms. The van der Waals surface area contributed by atoms with Gasteiger partial charge in [0.1, 0.15) is 11.5 Å². The molecular weight excluding hydrogens is 705 g/mol. The average molecular weight is 739 g/mol. The highest BCUT2D eigenvalue weighted by Crippen LogP contribution is 2.62. The van der Waals surface area contributed by atoms with E-state index in [2.05, 4.69) is 200 Å². The summed E-state index contributed by atoms with van der Waals surface area (Å²) in [6.07, 6.45) is 0. The highest BCUT2D eigenvalue weighted by atomic mass is 16.5. The van der Waals surface area contributed by atoms with Crippen LogP contribution in [0.25, 0.3) is 77.7 Å². The first kappa shape index (κ1) is 32.6. The average Bonchev–Trinajstić information content (AvgIpc) is 3.59. The molecule has 9 aromatic carbocycles. The Morgan fingerprint density at radius 1 is 0.328 bits per heavy atom. The molecule has 3 nitrogen and oxygen atoms in total. The predicted octanol–water partition coefficient (Wildman–Crippen LogP) is 13.9. The van der Waals surface area contributed by atoms with Gasteiger partial charge in [-0.2, -0.15) is 0 Å². The van der Waals surface area contributed by atoms with Gasteiger partial charge in [0.15, 0.2) is 5.82 Å². The molecule has 0 bridgehead atoms. The summed E-state index contributed by atoms with van der Waals surface area (Å²) in [5.74, 6) is 2.45. The van der Waals surface area contributed by atoms with Crippen molar-refractivity contribution < 1.29 is 4.74 Å². The van der Waals surface area contributed by atoms with Gasteiger partial charge in [0, 0.05) is 27.8 Å². The molecule has 1 aliphatic heterocycles. The van der Waals surface area contributed by atoms with Gasteiger partial charge in [0.25, 0.3) is 0 Å². The van der Waals surface area contributed by atoms with Crippen LogP contribution in [0.1, 0.15) is 22.3 Å². The minimum absolute atomic E-state index is 0.475. The van der Waals surface area contributed by atoms with Gasteiger partial charge in [-0.05, 0) is 79.2 Å². The fourth-order valence-corrected chi connectivity index (χ4v) is 9.51. The maximum Gasteiger partial charge on any atom is 0.160 e. The lowest BCUT2D eigenvalue weighted by Gasteiger charge is -2.39. The van der Waals surface area contributed by atoms with Crippen LogP contribution in [0.3, 0.4) is 0 Å². The zero-order valence-corrected chi connectivity index (χ0v) is 31.4. The third-order valence-electron chi connectivity index (χ3n) is 12.2. The van der Waals surface area contributed by atoms with Crippen molar-refractivity contribution in [2.45, 2.75) is 5.41 Å². The Bertz CT molecular complexity index is 3210. The molecule has 1 spiro atoms. The second-order valence-corrected chi connectivity index (χ2v) is 15.3. The summed E-state index contributed by atoms with van der Waals surface area (Å²) in [4.78, 5) is 10.3. The van der Waals surface area contributed by atoms with E-state index in [9.17, 15) is 0 Å². The second-order valence-electron chi connectivity index (χ2n) is 15.3. The number of hydrogen-bond donors (Lipinski definition) is 0. The van der Waals surface area contributed by atoms with E-state index in [0.717, 1.165) is 56.3 Å². The fourth-order valence-electron chi connectivity index (χ4n) is 9.51. The van der Waals surface area contributed by atoms with E-state index in [1.807, 2.05) is 6.07 Å². The van der Waals surface area contributed by atoms with Gasteiger partial charge in [-0.15, -0.1) is 0 Å². The Labute approximate surface area is 336 Å². The Morgan fingerprint density at radius 3 is 1.69 bits per heavy atom. The lowest BCUT2D eigenvalue weighted by atomic mass is 9.66. The predicted molar refractivity (Wildman–Crippen MR) is 236 cm³/mol. The van der Waals surface area contributed by atoms with Crippen LogP contribution in [-0.4, -0.2) is 9.97 Å². The van der Waals surface area contributed by atoms with E-state index in [-0.39, 0.29) is 0 Å². The van der Waals surface area contributed by atoms with E-state index in [4.69, 9.17) is 14.7 Å². The first-order valence-electron chi connectivity index (χ1n) is 19.8. The van der Waals surface area contributed by atoms with Crippen LogP contribution < -0.4 is 4.74 Å². The van der Waals surface area contributed by atoms with Crippen LogP contribution in [0.5, 0.6) is 11.5 Å². The number of hydrogen-bond acceptors (Lipinski definition) is 3. The molecular formula is C55H34N2O. The summed E-state index contributed by atoms with van der Waals surface area (Å²) in [5, 5.41) is 4.92. The van der Waals surface area contributed by atoms with Crippen molar-refractivity contribution in [1.82, 2.24) is 9.97 Å². The van der Waals surface area contributed by atoms with Crippen LogP contribution in [0.4, 0.5) is 0 Å². The van der Waals surface area contributed by atoms with E-state index >= 15 is 0 Å². The smallest absolute Gasteiger partial charge is 0.160 e. The molecule has 3 heteroatoms. The number of benzene rings is 9. The van der Waals surface area contributed by atoms with Crippen molar-refractivity contribution in [1.29, 1.82) is 0 Å². The first-order chi connectivity index (χ1) is 28.7. The van der Waals surface area contributed by atoms with Crippen molar-refractivity contribution in [2.75, 3.05) is 0 Å². The van der Waals surface area contributed by atoms with E-state index in [0.29, 0.717) is 5.82 Å². The summed E-state index contributed by atoms with van der Waals surface area (Å²) in [6.45, 7) is 0. The van der Waals surface area contributed by atoms with Crippen LogP contribution in [0.15, 0.2) is 206 Å². The Kier molecular flexibility index (Phi) is 7.14. The fraction of sp³-hybridized carbons (Fsp3) is 0.0182. The van der Waals surface area contributed by atoms with Crippen LogP contribution in [0, 0.1) is 0 Å². The van der Waals surface area contributed by atoms with Crippen molar-refractivity contribution >= 4 is 21.5 Å². The molecule has 0 radical (unpaired) electrons. The molecule has 0 N–H and O–H groups in total. The first-order valence-corrected chi connectivity index (χ1v) is 19.8. The third-order valence-corrected chi connectivity index (χ3v) is 12.2. The summed E-state index contributed by atoms with van der Waals surface area (Å²) >= 11 is 0. The molecule has 1 aliphatic carbocycles. The van der Waals surface area contributed by atoms with Crippen LogP contribution >= 0.6 is 0 Å². The van der Waals surface area contributed by atoms with Crippen molar-refractivity contribution in [3.05, 3.63) is 229 Å². The number of para-hydroxylation sites is 1. The van der Waals surface area contributed by atoms with Gasteiger partial charge in [0.05, 0.1) is 16.8 Å². The Balaban J connectivity index is 0.950. The summed E-state index contributed by atoms with van der Waals surface area (Å²) < 4.78 is 6.79. The highest BCUT2D eigenvalue weighted by molar-refractivity contribution is 6.08. The Hall–Kier alpha value is -7.62. The molecule has 270 valence electrons. The summed E-state index contributed by atoms with van der Waals surface area (Å²) in [6, 6.07) is 73.6. The molecule has 2 aliphatic rings. The van der Waals surface area contributed by atoms with Gasteiger partial charge >= 0.3 is 0 Å². The number of ether oxygens (including phenoxy) is 1. The number of fused-ring (bicyclic) bond motifs is 12. The lowest BCUT2D eigenvalue weighted by Crippen LogP contribution is -2.32. The molecule has 0 saturated heterocycles. The molecule has 0 fully saturated rings. The molecule has 0 amide bonds. The van der Waals surface area contributed by atoms with E-state index in [1.165, 1.54) is 49.4 Å². The standard InChI is InChI=1S/C55H34N2O/c1-2-13-37(14-3-1)50-34-51(41-28-30-43-40(32-41)27-24-36-12-4-5-15-42(36)43)57-54(56-50)38-25-22-35(23-26-38)39-29-31-49-53(33-39)58-52-21-11-10-20-48(52)55(49)46-18-8-6-16-44(46)45-17-7-9-19-47(45)55/h1-34H. The maximum atomic E-state index is 6.79. The molecule has 12 rings (SSSR count). The number of nitrogens with zero attached hydrogens (tertiary/aromatic N) is 2. The van der Waals surface area contributed by atoms with E-state index < -0.39 is 5.41 Å². The van der Waals surface area contributed by atoms with Crippen molar-refractivity contribution in [2.24, 2.45) is 0 Å².